The Morgan fingerprint density at radius 2 is 1.61 bits per heavy atom. The molecule has 41 heavy (non-hydrogen) atoms. The first-order chi connectivity index (χ1) is 19.8. The number of rotatable bonds is 9. The summed E-state index contributed by atoms with van der Waals surface area (Å²) < 4.78 is 18.4. The lowest BCUT2D eigenvalue weighted by Crippen LogP contribution is -2.48. The predicted octanol–water partition coefficient (Wildman–Crippen LogP) is 8.10. The van der Waals surface area contributed by atoms with Crippen LogP contribution in [0.1, 0.15) is 73.1 Å². The van der Waals surface area contributed by atoms with Crippen molar-refractivity contribution in [3.05, 3.63) is 76.9 Å². The van der Waals surface area contributed by atoms with Crippen molar-refractivity contribution in [3.8, 4) is 28.4 Å². The third kappa shape index (κ3) is 5.31. The van der Waals surface area contributed by atoms with Gasteiger partial charge in [-0.2, -0.15) is 0 Å². The Hall–Kier alpha value is -3.47. The summed E-state index contributed by atoms with van der Waals surface area (Å²) in [7, 11) is 0. The van der Waals surface area contributed by atoms with Gasteiger partial charge in [-0.1, -0.05) is 24.3 Å². The molecule has 3 aromatic rings. The Kier molecular flexibility index (Phi) is 6.72. The normalized spacial score (nSPS) is 27.4. The van der Waals surface area contributed by atoms with Crippen LogP contribution in [-0.4, -0.2) is 24.3 Å². The maximum atomic E-state index is 11.1. The molecule has 1 atom stereocenters. The SMILES string of the molecule is Cc1cc(OCC23CC4CC(CC(C4)C2)C3)cc(C)c1-c1cccc(COc2ccc3c(c2)OCC3CC(=O)O)c1. The van der Waals surface area contributed by atoms with Crippen molar-refractivity contribution < 1.29 is 24.1 Å². The van der Waals surface area contributed by atoms with E-state index in [1.807, 2.05) is 18.2 Å². The van der Waals surface area contributed by atoms with E-state index in [4.69, 9.17) is 19.3 Å². The summed E-state index contributed by atoms with van der Waals surface area (Å²) >= 11 is 0. The average Bonchev–Trinajstić information content (AvgIpc) is 3.31. The molecule has 0 amide bonds. The third-order valence-electron chi connectivity index (χ3n) is 10.1. The highest BCUT2D eigenvalue weighted by Crippen LogP contribution is 2.60. The van der Waals surface area contributed by atoms with E-state index in [0.29, 0.717) is 18.6 Å². The number of hydrogen-bond donors (Lipinski definition) is 1. The summed E-state index contributed by atoms with van der Waals surface area (Å²) in [6.07, 6.45) is 8.58. The van der Waals surface area contributed by atoms with Crippen LogP contribution in [-0.2, 0) is 11.4 Å². The van der Waals surface area contributed by atoms with Gasteiger partial charge < -0.3 is 19.3 Å². The first kappa shape index (κ1) is 26.4. The summed E-state index contributed by atoms with van der Waals surface area (Å²) in [6.45, 7) is 6.08. The molecule has 3 aromatic carbocycles. The van der Waals surface area contributed by atoms with Gasteiger partial charge in [-0.15, -0.1) is 0 Å². The number of carboxylic acid groups (broad SMARTS) is 1. The van der Waals surface area contributed by atoms with Crippen LogP contribution in [0.2, 0.25) is 0 Å². The minimum atomic E-state index is -0.809. The maximum Gasteiger partial charge on any atom is 0.304 e. The molecule has 4 bridgehead atoms. The summed E-state index contributed by atoms with van der Waals surface area (Å²) in [5.41, 5.74) is 7.35. The smallest absolute Gasteiger partial charge is 0.304 e. The highest BCUT2D eigenvalue weighted by atomic mass is 16.5. The van der Waals surface area contributed by atoms with Gasteiger partial charge in [0, 0.05) is 23.0 Å². The van der Waals surface area contributed by atoms with Gasteiger partial charge in [0.05, 0.1) is 19.6 Å². The van der Waals surface area contributed by atoms with Crippen molar-refractivity contribution in [3.63, 3.8) is 0 Å². The molecule has 1 unspecified atom stereocenters. The van der Waals surface area contributed by atoms with Crippen molar-refractivity contribution in [2.75, 3.05) is 13.2 Å². The summed E-state index contributed by atoms with van der Waals surface area (Å²) in [5.74, 6) is 4.36. The van der Waals surface area contributed by atoms with Gasteiger partial charge >= 0.3 is 5.97 Å². The molecule has 214 valence electrons. The third-order valence-corrected chi connectivity index (χ3v) is 10.1. The first-order valence-electron chi connectivity index (χ1n) is 15.3. The minimum absolute atomic E-state index is 0.0774. The second-order valence-electron chi connectivity index (χ2n) is 13.4. The van der Waals surface area contributed by atoms with E-state index in [1.165, 1.54) is 60.8 Å². The van der Waals surface area contributed by atoms with Gasteiger partial charge in [-0.05, 0) is 122 Å². The van der Waals surface area contributed by atoms with Crippen molar-refractivity contribution in [1.29, 1.82) is 0 Å². The molecule has 5 heteroatoms. The Labute approximate surface area is 242 Å². The van der Waals surface area contributed by atoms with E-state index in [0.717, 1.165) is 52.7 Å². The van der Waals surface area contributed by atoms with Gasteiger partial charge in [0.15, 0.2) is 0 Å². The number of aryl methyl sites for hydroxylation is 2. The van der Waals surface area contributed by atoms with Crippen LogP contribution in [0.5, 0.6) is 17.2 Å². The topological polar surface area (TPSA) is 65.0 Å². The number of hydrogen-bond acceptors (Lipinski definition) is 4. The second-order valence-corrected chi connectivity index (χ2v) is 13.4. The average molecular weight is 553 g/mol. The molecule has 8 rings (SSSR count). The molecule has 1 aliphatic heterocycles. The highest BCUT2D eigenvalue weighted by Gasteiger charge is 2.51. The van der Waals surface area contributed by atoms with Crippen molar-refractivity contribution in [1.82, 2.24) is 0 Å². The first-order valence-corrected chi connectivity index (χ1v) is 15.3. The van der Waals surface area contributed by atoms with Crippen LogP contribution in [0.25, 0.3) is 11.1 Å². The van der Waals surface area contributed by atoms with Gasteiger partial charge in [0.1, 0.15) is 23.9 Å². The summed E-state index contributed by atoms with van der Waals surface area (Å²) in [4.78, 5) is 11.1. The lowest BCUT2D eigenvalue weighted by Gasteiger charge is -2.56. The minimum Gasteiger partial charge on any atom is -0.493 e. The number of carboxylic acids is 1. The largest absolute Gasteiger partial charge is 0.493 e. The summed E-state index contributed by atoms with van der Waals surface area (Å²) in [5, 5.41) is 9.14. The molecular formula is C36H40O5. The summed E-state index contributed by atoms with van der Waals surface area (Å²) in [6, 6.07) is 18.7. The number of benzene rings is 3. The van der Waals surface area contributed by atoms with E-state index in [-0.39, 0.29) is 12.3 Å². The molecular weight excluding hydrogens is 512 g/mol. The van der Waals surface area contributed by atoms with Crippen LogP contribution in [0, 0.1) is 37.0 Å². The quantitative estimate of drug-likeness (QED) is 0.291. The zero-order valence-electron chi connectivity index (χ0n) is 24.2. The monoisotopic (exact) mass is 552 g/mol. The van der Waals surface area contributed by atoms with Crippen molar-refractivity contribution in [2.45, 2.75) is 71.3 Å². The molecule has 5 nitrogen and oxygen atoms in total. The number of fused-ring (bicyclic) bond motifs is 1. The van der Waals surface area contributed by atoms with E-state index < -0.39 is 5.97 Å². The lowest BCUT2D eigenvalue weighted by atomic mass is 9.50. The van der Waals surface area contributed by atoms with E-state index in [9.17, 15) is 4.79 Å². The maximum absolute atomic E-state index is 11.1. The van der Waals surface area contributed by atoms with Crippen LogP contribution in [0.4, 0.5) is 0 Å². The van der Waals surface area contributed by atoms with Gasteiger partial charge in [0.25, 0.3) is 0 Å². The van der Waals surface area contributed by atoms with Crippen molar-refractivity contribution >= 4 is 5.97 Å². The Morgan fingerprint density at radius 3 is 2.29 bits per heavy atom. The Bertz CT molecular complexity index is 1410. The van der Waals surface area contributed by atoms with Crippen LogP contribution >= 0.6 is 0 Å². The Balaban J connectivity index is 1.02. The van der Waals surface area contributed by atoms with Crippen LogP contribution in [0.3, 0.4) is 0 Å². The second kappa shape index (κ2) is 10.4. The molecule has 0 aromatic heterocycles. The highest BCUT2D eigenvalue weighted by molar-refractivity contribution is 5.72. The van der Waals surface area contributed by atoms with Gasteiger partial charge in [0.2, 0.25) is 0 Å². The molecule has 1 heterocycles. The fraction of sp³-hybridized carbons (Fsp3) is 0.472. The van der Waals surface area contributed by atoms with E-state index in [2.05, 4.69) is 50.2 Å². The molecule has 4 aliphatic carbocycles. The fourth-order valence-electron chi connectivity index (χ4n) is 8.88. The van der Waals surface area contributed by atoms with Crippen molar-refractivity contribution in [2.24, 2.45) is 23.2 Å². The van der Waals surface area contributed by atoms with E-state index in [1.54, 1.807) is 0 Å². The predicted molar refractivity (Wildman–Crippen MR) is 159 cm³/mol. The molecule has 0 radical (unpaired) electrons. The fourth-order valence-corrected chi connectivity index (χ4v) is 8.88. The van der Waals surface area contributed by atoms with Crippen LogP contribution in [0.15, 0.2) is 54.6 Å². The van der Waals surface area contributed by atoms with Crippen LogP contribution < -0.4 is 14.2 Å². The lowest BCUT2D eigenvalue weighted by molar-refractivity contribution is -0.137. The molecule has 0 saturated heterocycles. The molecule has 0 spiro atoms. The zero-order valence-corrected chi connectivity index (χ0v) is 24.2. The molecule has 1 N–H and O–H groups in total. The van der Waals surface area contributed by atoms with Gasteiger partial charge in [-0.3, -0.25) is 4.79 Å². The Morgan fingerprint density at radius 1 is 0.902 bits per heavy atom. The standard InChI is InChI=1S/C36H40O5/c1-22-8-31(41-21-36-16-25-10-26(17-36)12-27(11-25)18-36)9-23(2)35(22)28-5-3-4-24(13-28)19-39-30-6-7-32-29(14-34(37)38)20-40-33(32)15-30/h3-9,13,15,25-27,29H,10-12,14,16-21H2,1-2H3,(H,37,38). The molecule has 4 saturated carbocycles. The number of aliphatic carboxylic acids is 1. The molecule has 5 aliphatic rings. The number of carbonyl (C=O) groups is 1. The van der Waals surface area contributed by atoms with E-state index >= 15 is 0 Å². The zero-order chi connectivity index (χ0) is 28.1. The molecule has 4 fully saturated rings. The number of ether oxygens (including phenoxy) is 3. The van der Waals surface area contributed by atoms with Gasteiger partial charge in [-0.25, -0.2) is 0 Å².